The molecule has 0 saturated carbocycles. The molecule has 1 saturated heterocycles. The van der Waals surface area contributed by atoms with Crippen LogP contribution in [-0.2, 0) is 16.0 Å². The maximum absolute atomic E-state index is 12.4. The van der Waals surface area contributed by atoms with E-state index in [0.717, 1.165) is 18.5 Å². The maximum Gasteiger partial charge on any atom is 0.471 e. The number of carbonyl (C=O) groups excluding carboxylic acids is 1. The largest absolute Gasteiger partial charge is 0.492 e. The molecule has 1 atom stereocenters. The average molecular weight is 388 g/mol. The van der Waals surface area contributed by atoms with Gasteiger partial charge in [0.05, 0.1) is 18.2 Å². The van der Waals surface area contributed by atoms with Crippen molar-refractivity contribution < 1.29 is 32.6 Å². The number of carboxylic acid groups (broad SMARTS) is 1. The number of amides is 1. The van der Waals surface area contributed by atoms with Gasteiger partial charge in [0.25, 0.3) is 0 Å². The number of hydrogen-bond donors (Lipinski definition) is 2. The summed E-state index contributed by atoms with van der Waals surface area (Å²) < 4.78 is 42.7. The zero-order valence-electron chi connectivity index (χ0n) is 15.0. The van der Waals surface area contributed by atoms with E-state index in [9.17, 15) is 22.8 Å². The third kappa shape index (κ3) is 6.13. The lowest BCUT2D eigenvalue weighted by molar-refractivity contribution is -0.167. The minimum Gasteiger partial charge on any atom is -0.492 e. The summed E-state index contributed by atoms with van der Waals surface area (Å²) >= 11 is 0. The number of hydrogen-bond acceptors (Lipinski definition) is 4. The van der Waals surface area contributed by atoms with Crippen LogP contribution in [0.4, 0.5) is 18.9 Å². The number of ether oxygens (including phenoxy) is 1. The minimum absolute atomic E-state index is 0.0353. The van der Waals surface area contributed by atoms with Crippen molar-refractivity contribution in [2.75, 3.05) is 31.6 Å². The van der Waals surface area contributed by atoms with Gasteiger partial charge in [-0.3, -0.25) is 9.59 Å². The molecule has 1 aliphatic heterocycles. The number of carboxylic acids is 1. The molecule has 1 aromatic carbocycles. The number of benzene rings is 1. The van der Waals surface area contributed by atoms with Crippen LogP contribution in [0.15, 0.2) is 18.2 Å². The number of aliphatic carboxylic acids is 1. The van der Waals surface area contributed by atoms with Gasteiger partial charge in [-0.05, 0) is 50.4 Å². The van der Waals surface area contributed by atoms with Gasteiger partial charge in [0.1, 0.15) is 5.75 Å². The predicted octanol–water partition coefficient (Wildman–Crippen LogP) is 2.93. The molecule has 1 unspecified atom stereocenters. The summed E-state index contributed by atoms with van der Waals surface area (Å²) in [6, 6.07) is 4.63. The molecule has 9 heteroatoms. The molecule has 0 radical (unpaired) electrons. The van der Waals surface area contributed by atoms with E-state index in [-0.39, 0.29) is 24.0 Å². The van der Waals surface area contributed by atoms with E-state index >= 15 is 0 Å². The van der Waals surface area contributed by atoms with Crippen molar-refractivity contribution >= 4 is 17.6 Å². The topological polar surface area (TPSA) is 78.9 Å². The molecule has 2 N–H and O–H groups in total. The Labute approximate surface area is 155 Å². The van der Waals surface area contributed by atoms with Crippen molar-refractivity contribution in [3.05, 3.63) is 23.8 Å². The second kappa shape index (κ2) is 9.07. The second-order valence-electron chi connectivity index (χ2n) is 6.44. The molecule has 0 aliphatic carbocycles. The zero-order valence-corrected chi connectivity index (χ0v) is 15.0. The number of halogens is 3. The van der Waals surface area contributed by atoms with Crippen molar-refractivity contribution in [3.8, 4) is 5.75 Å². The van der Waals surface area contributed by atoms with Crippen LogP contribution in [0.1, 0.15) is 25.3 Å². The summed E-state index contributed by atoms with van der Waals surface area (Å²) in [5.74, 6) is -3.03. The average Bonchev–Trinajstić information content (AvgIpc) is 2.61. The molecule has 0 spiro atoms. The van der Waals surface area contributed by atoms with Crippen LogP contribution in [0.5, 0.6) is 5.75 Å². The van der Waals surface area contributed by atoms with Gasteiger partial charge in [0, 0.05) is 13.1 Å². The summed E-state index contributed by atoms with van der Waals surface area (Å²) in [7, 11) is 0. The fourth-order valence-corrected chi connectivity index (χ4v) is 3.04. The normalized spacial score (nSPS) is 18.1. The third-order valence-electron chi connectivity index (χ3n) is 4.42. The fourth-order valence-electron chi connectivity index (χ4n) is 3.04. The summed E-state index contributed by atoms with van der Waals surface area (Å²) in [5, 5.41) is 11.0. The SMILES string of the molecule is CCOc1cc(CCN2CCCC(C(=O)O)C2)ccc1NC(=O)C(F)(F)F. The van der Waals surface area contributed by atoms with Gasteiger partial charge in [-0.25, -0.2) is 0 Å². The Morgan fingerprint density at radius 2 is 2.11 bits per heavy atom. The first-order chi connectivity index (χ1) is 12.7. The Morgan fingerprint density at radius 1 is 1.37 bits per heavy atom. The molecular formula is C18H23F3N2O4. The van der Waals surface area contributed by atoms with Crippen molar-refractivity contribution in [3.63, 3.8) is 0 Å². The van der Waals surface area contributed by atoms with Crippen LogP contribution in [0, 0.1) is 5.92 Å². The highest BCUT2D eigenvalue weighted by Gasteiger charge is 2.39. The molecule has 2 rings (SSSR count). The molecule has 1 heterocycles. The van der Waals surface area contributed by atoms with Crippen molar-refractivity contribution in [2.45, 2.75) is 32.4 Å². The van der Waals surface area contributed by atoms with Crippen LogP contribution < -0.4 is 10.1 Å². The van der Waals surface area contributed by atoms with Gasteiger partial charge in [0.2, 0.25) is 0 Å². The number of alkyl halides is 3. The molecule has 1 aliphatic rings. The maximum atomic E-state index is 12.4. The summed E-state index contributed by atoms with van der Waals surface area (Å²) in [5.41, 5.74) is 0.799. The van der Waals surface area contributed by atoms with E-state index in [1.54, 1.807) is 19.1 Å². The highest BCUT2D eigenvalue weighted by Crippen LogP contribution is 2.28. The van der Waals surface area contributed by atoms with Gasteiger partial charge >= 0.3 is 18.1 Å². The van der Waals surface area contributed by atoms with E-state index in [0.29, 0.717) is 25.9 Å². The van der Waals surface area contributed by atoms with E-state index < -0.39 is 18.1 Å². The number of nitrogens with one attached hydrogen (secondary N) is 1. The van der Waals surface area contributed by atoms with Crippen LogP contribution in [-0.4, -0.2) is 54.3 Å². The third-order valence-corrected chi connectivity index (χ3v) is 4.42. The van der Waals surface area contributed by atoms with Crippen LogP contribution >= 0.6 is 0 Å². The minimum atomic E-state index is -4.98. The van der Waals surface area contributed by atoms with Crippen LogP contribution in [0.2, 0.25) is 0 Å². The quantitative estimate of drug-likeness (QED) is 0.751. The van der Waals surface area contributed by atoms with E-state index in [1.165, 1.54) is 6.07 Å². The Hall–Kier alpha value is -2.29. The highest BCUT2D eigenvalue weighted by molar-refractivity contribution is 5.96. The molecule has 0 aromatic heterocycles. The van der Waals surface area contributed by atoms with Gasteiger partial charge < -0.3 is 20.1 Å². The fraction of sp³-hybridized carbons (Fsp3) is 0.556. The Balaban J connectivity index is 2.02. The molecule has 0 bridgehead atoms. The zero-order chi connectivity index (χ0) is 20.0. The summed E-state index contributed by atoms with van der Waals surface area (Å²) in [6.07, 6.45) is -2.88. The first-order valence-corrected chi connectivity index (χ1v) is 8.79. The van der Waals surface area contributed by atoms with Crippen molar-refractivity contribution in [1.82, 2.24) is 4.90 Å². The van der Waals surface area contributed by atoms with Gasteiger partial charge in [-0.15, -0.1) is 0 Å². The molecule has 1 amide bonds. The van der Waals surface area contributed by atoms with Gasteiger partial charge in [0.15, 0.2) is 0 Å². The molecule has 6 nitrogen and oxygen atoms in total. The number of likely N-dealkylation sites (tertiary alicyclic amines) is 1. The van der Waals surface area contributed by atoms with Crippen molar-refractivity contribution in [2.24, 2.45) is 5.92 Å². The first-order valence-electron chi connectivity index (χ1n) is 8.79. The van der Waals surface area contributed by atoms with Gasteiger partial charge in [-0.1, -0.05) is 6.07 Å². The molecule has 1 fully saturated rings. The van der Waals surface area contributed by atoms with Crippen LogP contribution in [0.25, 0.3) is 0 Å². The number of piperidine rings is 1. The number of rotatable bonds is 7. The number of anilines is 1. The highest BCUT2D eigenvalue weighted by atomic mass is 19.4. The Kier molecular flexibility index (Phi) is 7.06. The summed E-state index contributed by atoms with van der Waals surface area (Å²) in [4.78, 5) is 24.3. The predicted molar refractivity (Wildman–Crippen MR) is 92.8 cm³/mol. The summed E-state index contributed by atoms with van der Waals surface area (Å²) in [6.45, 7) is 3.89. The Morgan fingerprint density at radius 3 is 2.74 bits per heavy atom. The molecular weight excluding hydrogens is 365 g/mol. The Bertz CT molecular complexity index is 679. The van der Waals surface area contributed by atoms with Crippen LogP contribution in [0.3, 0.4) is 0 Å². The standard InChI is InChI=1S/C18H23F3N2O4/c1-2-27-15-10-12(5-6-14(15)22-17(26)18(19,20)21)7-9-23-8-3-4-13(11-23)16(24)25/h5-6,10,13H,2-4,7-9,11H2,1H3,(H,22,26)(H,24,25). The van der Waals surface area contributed by atoms with E-state index in [2.05, 4.69) is 4.90 Å². The lowest BCUT2D eigenvalue weighted by atomic mass is 9.98. The first kappa shape index (κ1) is 21.0. The smallest absolute Gasteiger partial charge is 0.471 e. The number of nitrogens with zero attached hydrogens (tertiary/aromatic N) is 1. The van der Waals surface area contributed by atoms with E-state index in [4.69, 9.17) is 9.84 Å². The van der Waals surface area contributed by atoms with Gasteiger partial charge in [-0.2, -0.15) is 13.2 Å². The lowest BCUT2D eigenvalue weighted by Gasteiger charge is -2.30. The lowest BCUT2D eigenvalue weighted by Crippen LogP contribution is -2.39. The second-order valence-corrected chi connectivity index (χ2v) is 6.44. The van der Waals surface area contributed by atoms with Crippen molar-refractivity contribution in [1.29, 1.82) is 0 Å². The number of carbonyl (C=O) groups is 2. The molecule has 1 aromatic rings. The molecule has 27 heavy (non-hydrogen) atoms. The van der Waals surface area contributed by atoms with E-state index in [1.807, 2.05) is 5.32 Å². The molecule has 150 valence electrons. The monoisotopic (exact) mass is 388 g/mol.